The lowest BCUT2D eigenvalue weighted by atomic mass is 9.89. The van der Waals surface area contributed by atoms with Crippen LogP contribution in [0.1, 0.15) is 38.7 Å². The van der Waals surface area contributed by atoms with Gasteiger partial charge in [-0.3, -0.25) is 0 Å². The maximum atomic E-state index is 13.8. The average Bonchev–Trinajstić information content (AvgIpc) is 2.86. The van der Waals surface area contributed by atoms with E-state index in [0.717, 1.165) is 31.0 Å². The van der Waals surface area contributed by atoms with Crippen molar-refractivity contribution in [2.75, 3.05) is 20.2 Å². The van der Waals surface area contributed by atoms with Crippen molar-refractivity contribution in [3.63, 3.8) is 0 Å². The van der Waals surface area contributed by atoms with E-state index in [-0.39, 0.29) is 5.82 Å². The molecular weight excluding hydrogens is 265 g/mol. The summed E-state index contributed by atoms with van der Waals surface area (Å²) in [6.07, 6.45) is 4.85. The highest BCUT2D eigenvalue weighted by Crippen LogP contribution is 2.34. The number of benzene rings is 1. The number of methoxy groups -OCH3 is 1. The molecule has 1 aromatic rings. The minimum Gasteiger partial charge on any atom is -0.494 e. The van der Waals surface area contributed by atoms with Crippen LogP contribution in [0, 0.1) is 23.6 Å². The summed E-state index contributed by atoms with van der Waals surface area (Å²) in [6.45, 7) is 6.65. The van der Waals surface area contributed by atoms with Crippen molar-refractivity contribution in [2.45, 2.75) is 39.5 Å². The Labute approximate surface area is 128 Å². The number of rotatable bonds is 7. The summed E-state index contributed by atoms with van der Waals surface area (Å²) in [4.78, 5) is 0. The normalized spacial score (nSPS) is 22.0. The van der Waals surface area contributed by atoms with Crippen molar-refractivity contribution >= 4 is 0 Å². The second-order valence-corrected chi connectivity index (χ2v) is 6.68. The zero-order chi connectivity index (χ0) is 15.2. The standard InChI is InChI=1S/C18H28FNO/c1-13(2)11-20-12-16-6-4-5-15(16)9-14-7-8-18(21-3)17(19)10-14/h7-8,10,13,15-16,20H,4-6,9,11-12H2,1-3H3. The molecule has 0 bridgehead atoms. The van der Waals surface area contributed by atoms with Crippen LogP contribution in [0.4, 0.5) is 4.39 Å². The molecule has 1 fully saturated rings. The zero-order valence-electron chi connectivity index (χ0n) is 13.5. The highest BCUT2D eigenvalue weighted by atomic mass is 19.1. The summed E-state index contributed by atoms with van der Waals surface area (Å²) in [5, 5.41) is 3.58. The molecule has 1 N–H and O–H groups in total. The van der Waals surface area contributed by atoms with Crippen LogP contribution < -0.4 is 10.1 Å². The summed E-state index contributed by atoms with van der Waals surface area (Å²) in [6, 6.07) is 5.38. The minimum absolute atomic E-state index is 0.248. The highest BCUT2D eigenvalue weighted by Gasteiger charge is 2.27. The largest absolute Gasteiger partial charge is 0.494 e. The Morgan fingerprint density at radius 3 is 2.71 bits per heavy atom. The van der Waals surface area contributed by atoms with Gasteiger partial charge in [0.1, 0.15) is 0 Å². The van der Waals surface area contributed by atoms with Gasteiger partial charge in [-0.1, -0.05) is 26.3 Å². The molecule has 1 saturated carbocycles. The molecule has 2 rings (SSSR count). The van der Waals surface area contributed by atoms with Crippen LogP contribution in [0.15, 0.2) is 18.2 Å². The van der Waals surface area contributed by atoms with Gasteiger partial charge in [-0.2, -0.15) is 0 Å². The van der Waals surface area contributed by atoms with Crippen LogP contribution in [0.2, 0.25) is 0 Å². The molecule has 0 saturated heterocycles. The Kier molecular flexibility index (Phi) is 6.04. The number of nitrogens with one attached hydrogen (secondary N) is 1. The van der Waals surface area contributed by atoms with E-state index in [1.165, 1.54) is 26.4 Å². The molecule has 118 valence electrons. The predicted molar refractivity (Wildman–Crippen MR) is 85.2 cm³/mol. The summed E-state index contributed by atoms with van der Waals surface area (Å²) in [7, 11) is 1.51. The van der Waals surface area contributed by atoms with Gasteiger partial charge in [0.05, 0.1) is 7.11 Å². The molecule has 2 atom stereocenters. The lowest BCUT2D eigenvalue weighted by Crippen LogP contribution is -2.29. The molecule has 21 heavy (non-hydrogen) atoms. The fraction of sp³-hybridized carbons (Fsp3) is 0.667. The topological polar surface area (TPSA) is 21.3 Å². The maximum absolute atomic E-state index is 13.8. The van der Waals surface area contributed by atoms with Gasteiger partial charge >= 0.3 is 0 Å². The first-order valence-electron chi connectivity index (χ1n) is 8.13. The van der Waals surface area contributed by atoms with Gasteiger partial charge in [-0.25, -0.2) is 4.39 Å². The fourth-order valence-corrected chi connectivity index (χ4v) is 3.35. The van der Waals surface area contributed by atoms with Crippen molar-refractivity contribution in [1.82, 2.24) is 5.32 Å². The van der Waals surface area contributed by atoms with E-state index >= 15 is 0 Å². The Balaban J connectivity index is 1.90. The molecule has 0 radical (unpaired) electrons. The van der Waals surface area contributed by atoms with Crippen molar-refractivity contribution in [3.05, 3.63) is 29.6 Å². The van der Waals surface area contributed by atoms with E-state index in [2.05, 4.69) is 19.2 Å². The first-order valence-corrected chi connectivity index (χ1v) is 8.13. The van der Waals surface area contributed by atoms with Gasteiger partial charge in [0.25, 0.3) is 0 Å². The lowest BCUT2D eigenvalue weighted by Gasteiger charge is -2.21. The van der Waals surface area contributed by atoms with Gasteiger partial charge in [0, 0.05) is 0 Å². The Morgan fingerprint density at radius 2 is 2.05 bits per heavy atom. The maximum Gasteiger partial charge on any atom is 0.165 e. The number of ether oxygens (including phenoxy) is 1. The van der Waals surface area contributed by atoms with E-state index in [4.69, 9.17) is 4.74 Å². The van der Waals surface area contributed by atoms with Gasteiger partial charge in [-0.05, 0) is 67.8 Å². The Morgan fingerprint density at radius 1 is 1.29 bits per heavy atom. The zero-order valence-corrected chi connectivity index (χ0v) is 13.5. The van der Waals surface area contributed by atoms with Crippen LogP contribution in [0.25, 0.3) is 0 Å². The van der Waals surface area contributed by atoms with Crippen molar-refractivity contribution in [2.24, 2.45) is 17.8 Å². The monoisotopic (exact) mass is 293 g/mol. The van der Waals surface area contributed by atoms with E-state index in [1.54, 1.807) is 12.1 Å². The van der Waals surface area contributed by atoms with Crippen LogP contribution >= 0.6 is 0 Å². The summed E-state index contributed by atoms with van der Waals surface area (Å²) in [5.74, 6) is 2.19. The predicted octanol–water partition coefficient (Wildman–Crippen LogP) is 4.04. The smallest absolute Gasteiger partial charge is 0.165 e. The molecule has 3 heteroatoms. The second-order valence-electron chi connectivity index (χ2n) is 6.68. The van der Waals surface area contributed by atoms with Crippen molar-refractivity contribution in [1.29, 1.82) is 0 Å². The summed E-state index contributed by atoms with van der Waals surface area (Å²) < 4.78 is 18.8. The molecular formula is C18H28FNO. The summed E-state index contributed by atoms with van der Waals surface area (Å²) in [5.41, 5.74) is 1.09. The van der Waals surface area contributed by atoms with Crippen LogP contribution in [-0.2, 0) is 6.42 Å². The number of hydrogen-bond donors (Lipinski definition) is 1. The van der Waals surface area contributed by atoms with E-state index in [9.17, 15) is 4.39 Å². The van der Waals surface area contributed by atoms with E-state index in [0.29, 0.717) is 17.6 Å². The number of hydrogen-bond acceptors (Lipinski definition) is 2. The molecule has 0 aromatic heterocycles. The first-order chi connectivity index (χ1) is 10.1. The van der Waals surface area contributed by atoms with Crippen molar-refractivity contribution in [3.8, 4) is 5.75 Å². The molecule has 1 aliphatic rings. The average molecular weight is 293 g/mol. The first kappa shape index (κ1) is 16.3. The van der Waals surface area contributed by atoms with Gasteiger partial charge in [0.15, 0.2) is 11.6 Å². The van der Waals surface area contributed by atoms with Gasteiger partial charge < -0.3 is 10.1 Å². The fourth-order valence-electron chi connectivity index (χ4n) is 3.35. The SMILES string of the molecule is COc1ccc(CC2CCCC2CNCC(C)C)cc1F. The second kappa shape index (κ2) is 7.79. The summed E-state index contributed by atoms with van der Waals surface area (Å²) >= 11 is 0. The van der Waals surface area contributed by atoms with Crippen LogP contribution in [-0.4, -0.2) is 20.2 Å². The third-order valence-electron chi connectivity index (χ3n) is 4.49. The highest BCUT2D eigenvalue weighted by molar-refractivity contribution is 5.29. The van der Waals surface area contributed by atoms with E-state index in [1.807, 2.05) is 6.07 Å². The lowest BCUT2D eigenvalue weighted by molar-refractivity contribution is 0.356. The van der Waals surface area contributed by atoms with Crippen LogP contribution in [0.5, 0.6) is 5.75 Å². The third kappa shape index (κ3) is 4.70. The van der Waals surface area contributed by atoms with Gasteiger partial charge in [0.2, 0.25) is 0 Å². The molecule has 1 aliphatic carbocycles. The Bertz CT molecular complexity index is 447. The quantitative estimate of drug-likeness (QED) is 0.819. The molecule has 0 aliphatic heterocycles. The van der Waals surface area contributed by atoms with E-state index < -0.39 is 0 Å². The third-order valence-corrected chi connectivity index (χ3v) is 4.49. The molecule has 1 aromatic carbocycles. The Hall–Kier alpha value is -1.09. The van der Waals surface area contributed by atoms with Gasteiger partial charge in [-0.15, -0.1) is 0 Å². The molecule has 2 nitrogen and oxygen atoms in total. The number of halogens is 1. The molecule has 0 amide bonds. The van der Waals surface area contributed by atoms with Crippen LogP contribution in [0.3, 0.4) is 0 Å². The molecule has 0 spiro atoms. The molecule has 2 unspecified atom stereocenters. The van der Waals surface area contributed by atoms with Crippen molar-refractivity contribution < 1.29 is 9.13 Å². The molecule has 0 heterocycles. The minimum atomic E-state index is -0.248.